The van der Waals surface area contributed by atoms with E-state index >= 15 is 0 Å². The summed E-state index contributed by atoms with van der Waals surface area (Å²) in [6.45, 7) is 9.85. The van der Waals surface area contributed by atoms with Crippen molar-refractivity contribution in [1.82, 2.24) is 25.3 Å². The molecule has 4 aromatic rings. The summed E-state index contributed by atoms with van der Waals surface area (Å²) in [6, 6.07) is 16.0. The van der Waals surface area contributed by atoms with E-state index in [-0.39, 0.29) is 18.4 Å². The number of anilines is 1. The molecule has 0 aliphatic carbocycles. The van der Waals surface area contributed by atoms with Crippen LogP contribution in [0, 0.1) is 13.8 Å². The summed E-state index contributed by atoms with van der Waals surface area (Å²) in [4.78, 5) is 33.6. The molecule has 0 radical (unpaired) electrons. The van der Waals surface area contributed by atoms with Crippen molar-refractivity contribution in [2.75, 3.05) is 4.90 Å². The number of aryl methyl sites for hydroxylation is 2. The summed E-state index contributed by atoms with van der Waals surface area (Å²) in [7, 11) is 0. The average molecular weight is 485 g/mol. The molecule has 0 saturated carbocycles. The fourth-order valence-corrected chi connectivity index (χ4v) is 4.22. The predicted molar refractivity (Wildman–Crippen MR) is 140 cm³/mol. The zero-order chi connectivity index (χ0) is 25.9. The first-order valence-electron chi connectivity index (χ1n) is 12.1. The molecule has 36 heavy (non-hydrogen) atoms. The van der Waals surface area contributed by atoms with Crippen LogP contribution in [0.15, 0.2) is 67.0 Å². The number of nitrogens with zero attached hydrogens (tertiary/aromatic N) is 5. The molecule has 1 N–H and O–H groups in total. The van der Waals surface area contributed by atoms with Gasteiger partial charge in [0.15, 0.2) is 0 Å². The molecule has 4 rings (SSSR count). The Kier molecular flexibility index (Phi) is 7.15. The molecule has 1 atom stereocenters. The van der Waals surface area contributed by atoms with E-state index in [0.29, 0.717) is 16.8 Å². The van der Waals surface area contributed by atoms with E-state index in [1.807, 2.05) is 77.1 Å². The van der Waals surface area contributed by atoms with Crippen molar-refractivity contribution in [3.8, 4) is 0 Å². The van der Waals surface area contributed by atoms with Crippen molar-refractivity contribution in [3.05, 3.63) is 83.7 Å². The van der Waals surface area contributed by atoms with Gasteiger partial charge in [0.25, 0.3) is 0 Å². The molecule has 0 aliphatic rings. The van der Waals surface area contributed by atoms with Crippen LogP contribution < -0.4 is 10.2 Å². The number of hydrogen-bond acceptors (Lipinski definition) is 5. The lowest BCUT2D eigenvalue weighted by Crippen LogP contribution is -2.51. The van der Waals surface area contributed by atoms with Crippen LogP contribution in [-0.2, 0) is 16.1 Å². The highest BCUT2D eigenvalue weighted by molar-refractivity contribution is 6.01. The van der Waals surface area contributed by atoms with Crippen LogP contribution in [0.2, 0.25) is 0 Å². The van der Waals surface area contributed by atoms with E-state index in [0.717, 1.165) is 23.1 Å². The Labute approximate surface area is 211 Å². The molecule has 186 valence electrons. The largest absolute Gasteiger partial charge is 0.349 e. The van der Waals surface area contributed by atoms with Gasteiger partial charge in [-0.25, -0.2) is 4.68 Å². The Balaban J connectivity index is 1.83. The van der Waals surface area contributed by atoms with Gasteiger partial charge in [-0.05, 0) is 87.2 Å². The van der Waals surface area contributed by atoms with Gasteiger partial charge in [0.05, 0.1) is 5.52 Å². The van der Waals surface area contributed by atoms with E-state index in [2.05, 4.69) is 20.6 Å². The Morgan fingerprint density at radius 1 is 1.03 bits per heavy atom. The van der Waals surface area contributed by atoms with Gasteiger partial charge in [-0.2, -0.15) is 0 Å². The zero-order valence-electron chi connectivity index (χ0n) is 21.4. The number of nitrogens with one attached hydrogen (secondary N) is 1. The molecule has 0 bridgehead atoms. The molecule has 2 aromatic carbocycles. The second kappa shape index (κ2) is 10.3. The number of benzene rings is 2. The predicted octanol–water partition coefficient (Wildman–Crippen LogP) is 4.52. The summed E-state index contributed by atoms with van der Waals surface area (Å²) in [6.07, 6.45) is 4.01. The minimum atomic E-state index is -0.901. The molecule has 0 spiro atoms. The van der Waals surface area contributed by atoms with Crippen LogP contribution in [-0.4, -0.2) is 37.3 Å². The van der Waals surface area contributed by atoms with Crippen molar-refractivity contribution < 1.29 is 9.59 Å². The third-order valence-electron chi connectivity index (χ3n) is 6.33. The fraction of sp³-hybridized carbons (Fsp3) is 0.321. The van der Waals surface area contributed by atoms with E-state index in [4.69, 9.17) is 0 Å². The smallest absolute Gasteiger partial charge is 0.249 e. The molecule has 0 saturated heterocycles. The molecular formula is C28H32N6O2. The first-order chi connectivity index (χ1) is 17.2. The second-order valence-corrected chi connectivity index (χ2v) is 9.76. The number of carbonyl (C=O) groups excluding carboxylic acids is 2. The van der Waals surface area contributed by atoms with Crippen LogP contribution in [0.1, 0.15) is 49.9 Å². The molecule has 0 unspecified atom stereocenters. The maximum absolute atomic E-state index is 14.1. The van der Waals surface area contributed by atoms with Crippen LogP contribution >= 0.6 is 0 Å². The van der Waals surface area contributed by atoms with Gasteiger partial charge in [-0.15, -0.1) is 5.10 Å². The summed E-state index contributed by atoms with van der Waals surface area (Å²) in [5.41, 5.74) is 4.33. The maximum Gasteiger partial charge on any atom is 0.249 e. The quantitative estimate of drug-likeness (QED) is 0.397. The molecule has 0 aliphatic heterocycles. The highest BCUT2D eigenvalue weighted by atomic mass is 16.2. The number of rotatable bonds is 8. The lowest BCUT2D eigenvalue weighted by Gasteiger charge is -2.35. The van der Waals surface area contributed by atoms with Crippen LogP contribution in [0.5, 0.6) is 0 Å². The Morgan fingerprint density at radius 2 is 1.69 bits per heavy atom. The fourth-order valence-electron chi connectivity index (χ4n) is 4.22. The van der Waals surface area contributed by atoms with Gasteiger partial charge in [0.2, 0.25) is 11.8 Å². The first-order valence-corrected chi connectivity index (χ1v) is 12.1. The summed E-state index contributed by atoms with van der Waals surface area (Å²) >= 11 is 0. The summed E-state index contributed by atoms with van der Waals surface area (Å²) < 4.78 is 1.57. The van der Waals surface area contributed by atoms with E-state index in [1.165, 1.54) is 0 Å². The van der Waals surface area contributed by atoms with Crippen LogP contribution in [0.4, 0.5) is 5.69 Å². The normalized spacial score (nSPS) is 12.4. The number of aromatic nitrogens is 4. The van der Waals surface area contributed by atoms with Gasteiger partial charge in [-0.3, -0.25) is 19.5 Å². The van der Waals surface area contributed by atoms with Gasteiger partial charge in [-0.1, -0.05) is 30.3 Å². The minimum absolute atomic E-state index is 0.0699. The number of amides is 2. The molecule has 2 amide bonds. The lowest BCUT2D eigenvalue weighted by molar-refractivity contribution is -0.128. The van der Waals surface area contributed by atoms with Crippen molar-refractivity contribution in [2.45, 2.75) is 59.2 Å². The number of hydrogen-bond donors (Lipinski definition) is 1. The maximum atomic E-state index is 14.1. The highest BCUT2D eigenvalue weighted by Gasteiger charge is 2.35. The Morgan fingerprint density at radius 3 is 2.36 bits per heavy atom. The zero-order valence-corrected chi connectivity index (χ0v) is 21.4. The second-order valence-electron chi connectivity index (χ2n) is 9.76. The van der Waals surface area contributed by atoms with Crippen molar-refractivity contribution in [2.24, 2.45) is 0 Å². The Bertz CT molecular complexity index is 1360. The SMILES string of the molecule is CCC(C)(C)NC(=O)[C@@H](c1ccncc1)N(C(=O)Cn1nnc2ccccc21)c1cc(C)cc(C)c1. The summed E-state index contributed by atoms with van der Waals surface area (Å²) in [5.74, 6) is -0.536. The third kappa shape index (κ3) is 5.43. The van der Waals surface area contributed by atoms with E-state index in [9.17, 15) is 9.59 Å². The minimum Gasteiger partial charge on any atom is -0.349 e. The molecule has 0 fully saturated rings. The van der Waals surface area contributed by atoms with Gasteiger partial charge in [0.1, 0.15) is 18.1 Å². The molecule has 2 aromatic heterocycles. The average Bonchev–Trinajstić information content (AvgIpc) is 3.24. The molecule has 2 heterocycles. The summed E-state index contributed by atoms with van der Waals surface area (Å²) in [5, 5.41) is 11.5. The highest BCUT2D eigenvalue weighted by Crippen LogP contribution is 2.31. The third-order valence-corrected chi connectivity index (χ3v) is 6.33. The van der Waals surface area contributed by atoms with Crippen LogP contribution in [0.3, 0.4) is 0 Å². The van der Waals surface area contributed by atoms with Crippen molar-refractivity contribution >= 4 is 28.5 Å². The van der Waals surface area contributed by atoms with E-state index in [1.54, 1.807) is 34.1 Å². The van der Waals surface area contributed by atoms with Gasteiger partial charge in [0, 0.05) is 23.6 Å². The number of carbonyl (C=O) groups is 2. The van der Waals surface area contributed by atoms with Crippen molar-refractivity contribution in [3.63, 3.8) is 0 Å². The topological polar surface area (TPSA) is 93.0 Å². The van der Waals surface area contributed by atoms with Gasteiger partial charge < -0.3 is 5.32 Å². The number of pyridine rings is 1. The van der Waals surface area contributed by atoms with Crippen LogP contribution in [0.25, 0.3) is 11.0 Å². The molecule has 8 nitrogen and oxygen atoms in total. The Hall–Kier alpha value is -4.07. The monoisotopic (exact) mass is 484 g/mol. The molecule has 8 heteroatoms. The lowest BCUT2D eigenvalue weighted by atomic mass is 9.98. The first kappa shape index (κ1) is 25.0. The number of para-hydroxylation sites is 1. The van der Waals surface area contributed by atoms with Gasteiger partial charge >= 0.3 is 0 Å². The standard InChI is InChI=1S/C28H32N6O2/c1-6-28(4,5)30-27(36)26(21-11-13-29-14-12-21)34(22-16-19(2)15-20(3)17-22)25(35)18-33-24-10-8-7-9-23(24)31-32-33/h7-17,26H,6,18H2,1-5H3,(H,30,36)/t26-/m1/s1. The number of fused-ring (bicyclic) bond motifs is 1. The van der Waals surface area contributed by atoms with Crippen molar-refractivity contribution in [1.29, 1.82) is 0 Å². The molecular weight excluding hydrogens is 452 g/mol. The van der Waals surface area contributed by atoms with E-state index < -0.39 is 11.6 Å².